The summed E-state index contributed by atoms with van der Waals surface area (Å²) in [5, 5.41) is 3.00. The van der Waals surface area contributed by atoms with Crippen molar-refractivity contribution < 1.29 is 9.47 Å². The van der Waals surface area contributed by atoms with Crippen molar-refractivity contribution in [2.45, 2.75) is 32.3 Å². The van der Waals surface area contributed by atoms with Gasteiger partial charge in [-0.15, -0.1) is 0 Å². The van der Waals surface area contributed by atoms with Crippen LogP contribution in [0.2, 0.25) is 0 Å². The molecule has 10 heavy (non-hydrogen) atoms. The second-order valence-electron chi connectivity index (χ2n) is 2.67. The lowest BCUT2D eigenvalue weighted by Crippen LogP contribution is -2.24. The predicted molar refractivity (Wildman–Crippen MR) is 38.8 cm³/mol. The Kier molecular flexibility index (Phi) is 2.65. The van der Waals surface area contributed by atoms with E-state index in [0.717, 1.165) is 6.54 Å². The van der Waals surface area contributed by atoms with Crippen LogP contribution in [0.4, 0.5) is 0 Å². The Balaban J connectivity index is 2.27. The van der Waals surface area contributed by atoms with Gasteiger partial charge in [-0.3, -0.25) is 0 Å². The van der Waals surface area contributed by atoms with Crippen LogP contribution >= 0.6 is 0 Å². The fraction of sp³-hybridized carbons (Fsp3) is 1.00. The van der Waals surface area contributed by atoms with Crippen LogP contribution in [-0.4, -0.2) is 32.1 Å². The van der Waals surface area contributed by atoms with E-state index in [0.29, 0.717) is 0 Å². The van der Waals surface area contributed by atoms with Gasteiger partial charge in [0, 0.05) is 6.54 Å². The number of hydrogen-bond donors (Lipinski definition) is 1. The normalized spacial score (nSPS) is 40.5. The summed E-state index contributed by atoms with van der Waals surface area (Å²) in [5.41, 5.74) is 0. The Hall–Kier alpha value is -0.120. The van der Waals surface area contributed by atoms with E-state index in [4.69, 9.17) is 9.47 Å². The van der Waals surface area contributed by atoms with E-state index >= 15 is 0 Å². The summed E-state index contributed by atoms with van der Waals surface area (Å²) in [6.45, 7) is 4.83. The zero-order chi connectivity index (χ0) is 7.56. The van der Waals surface area contributed by atoms with Gasteiger partial charge in [-0.05, 0) is 20.9 Å². The van der Waals surface area contributed by atoms with Crippen LogP contribution in [0.25, 0.3) is 0 Å². The van der Waals surface area contributed by atoms with Gasteiger partial charge >= 0.3 is 0 Å². The Bertz CT molecular complexity index is 97.8. The highest BCUT2D eigenvalue weighted by atomic mass is 16.7. The highest BCUT2D eigenvalue weighted by Gasteiger charge is 2.28. The average Bonchev–Trinajstić information content (AvgIpc) is 2.14. The second kappa shape index (κ2) is 3.32. The summed E-state index contributed by atoms with van der Waals surface area (Å²) in [6, 6.07) is 0. The molecule has 1 heterocycles. The number of hydrogen-bond acceptors (Lipinski definition) is 3. The van der Waals surface area contributed by atoms with Crippen molar-refractivity contribution in [1.29, 1.82) is 0 Å². The standard InChI is InChI=1S/C7H15NO2/c1-5-6(2)10-7(9-5)4-8-3/h5-8H,4H2,1-3H3. The molecule has 0 amide bonds. The molecule has 1 fully saturated rings. The minimum Gasteiger partial charge on any atom is -0.346 e. The zero-order valence-electron chi connectivity index (χ0n) is 6.76. The lowest BCUT2D eigenvalue weighted by atomic mass is 10.3. The van der Waals surface area contributed by atoms with Gasteiger partial charge in [0.15, 0.2) is 6.29 Å². The molecule has 60 valence electrons. The van der Waals surface area contributed by atoms with E-state index < -0.39 is 0 Å². The average molecular weight is 145 g/mol. The van der Waals surface area contributed by atoms with Gasteiger partial charge < -0.3 is 14.8 Å². The van der Waals surface area contributed by atoms with Gasteiger partial charge in [-0.2, -0.15) is 0 Å². The highest BCUT2D eigenvalue weighted by molar-refractivity contribution is 4.69. The summed E-state index contributed by atoms with van der Waals surface area (Å²) >= 11 is 0. The number of ether oxygens (including phenoxy) is 2. The van der Waals surface area contributed by atoms with E-state index in [2.05, 4.69) is 5.32 Å². The van der Waals surface area contributed by atoms with E-state index in [1.165, 1.54) is 0 Å². The molecule has 1 aliphatic heterocycles. The summed E-state index contributed by atoms with van der Waals surface area (Å²) in [6.07, 6.45) is 0.423. The molecule has 3 heteroatoms. The fourth-order valence-electron chi connectivity index (χ4n) is 0.995. The molecular weight excluding hydrogens is 130 g/mol. The van der Waals surface area contributed by atoms with Crippen molar-refractivity contribution in [1.82, 2.24) is 5.32 Å². The van der Waals surface area contributed by atoms with E-state index in [1.54, 1.807) is 0 Å². The van der Waals surface area contributed by atoms with Gasteiger partial charge in [-0.25, -0.2) is 0 Å². The molecule has 3 nitrogen and oxygen atoms in total. The van der Waals surface area contributed by atoms with Gasteiger partial charge in [0.05, 0.1) is 12.2 Å². The van der Waals surface area contributed by atoms with Crippen molar-refractivity contribution in [3.8, 4) is 0 Å². The maximum absolute atomic E-state index is 5.43. The molecule has 1 N–H and O–H groups in total. The van der Waals surface area contributed by atoms with Crippen molar-refractivity contribution >= 4 is 0 Å². The minimum atomic E-state index is -0.0463. The van der Waals surface area contributed by atoms with Crippen molar-refractivity contribution in [3.63, 3.8) is 0 Å². The van der Waals surface area contributed by atoms with Crippen LogP contribution in [0.3, 0.4) is 0 Å². The minimum absolute atomic E-state index is 0.0463. The first-order valence-corrected chi connectivity index (χ1v) is 3.69. The first-order chi connectivity index (χ1) is 4.74. The van der Waals surface area contributed by atoms with Crippen LogP contribution in [0, 0.1) is 0 Å². The van der Waals surface area contributed by atoms with Crippen LogP contribution in [0.15, 0.2) is 0 Å². The SMILES string of the molecule is CNCC1OC(C)C(C)O1. The van der Waals surface area contributed by atoms with E-state index in [1.807, 2.05) is 20.9 Å². The summed E-state index contributed by atoms with van der Waals surface area (Å²) in [4.78, 5) is 0. The first-order valence-electron chi connectivity index (χ1n) is 3.69. The summed E-state index contributed by atoms with van der Waals surface area (Å²) in [5.74, 6) is 0. The molecule has 0 aliphatic carbocycles. The number of likely N-dealkylation sites (N-methyl/N-ethyl adjacent to an activating group) is 1. The summed E-state index contributed by atoms with van der Waals surface area (Å²) < 4.78 is 10.9. The molecule has 1 saturated heterocycles. The van der Waals surface area contributed by atoms with Crippen LogP contribution in [0.1, 0.15) is 13.8 Å². The third kappa shape index (κ3) is 1.68. The molecule has 1 aliphatic rings. The van der Waals surface area contributed by atoms with Crippen LogP contribution in [0.5, 0.6) is 0 Å². The molecule has 0 spiro atoms. The van der Waals surface area contributed by atoms with Crippen LogP contribution < -0.4 is 5.32 Å². The highest BCUT2D eigenvalue weighted by Crippen LogP contribution is 2.17. The monoisotopic (exact) mass is 145 g/mol. The lowest BCUT2D eigenvalue weighted by molar-refractivity contribution is -0.0584. The zero-order valence-corrected chi connectivity index (χ0v) is 6.76. The third-order valence-corrected chi connectivity index (χ3v) is 1.76. The quantitative estimate of drug-likeness (QED) is 0.608. The molecular formula is C7H15NO2. The van der Waals surface area contributed by atoms with Crippen molar-refractivity contribution in [2.75, 3.05) is 13.6 Å². The Morgan fingerprint density at radius 3 is 2.10 bits per heavy atom. The molecule has 0 aromatic rings. The van der Waals surface area contributed by atoms with Crippen molar-refractivity contribution in [2.24, 2.45) is 0 Å². The topological polar surface area (TPSA) is 30.5 Å². The molecule has 0 aromatic carbocycles. The molecule has 1 rings (SSSR count). The third-order valence-electron chi connectivity index (χ3n) is 1.76. The van der Waals surface area contributed by atoms with E-state index in [9.17, 15) is 0 Å². The molecule has 2 atom stereocenters. The maximum Gasteiger partial charge on any atom is 0.170 e. The molecule has 0 radical (unpaired) electrons. The van der Waals surface area contributed by atoms with E-state index in [-0.39, 0.29) is 18.5 Å². The molecule has 0 bridgehead atoms. The smallest absolute Gasteiger partial charge is 0.170 e. The Morgan fingerprint density at radius 2 is 1.70 bits per heavy atom. The Morgan fingerprint density at radius 1 is 1.20 bits per heavy atom. The number of nitrogens with one attached hydrogen (secondary N) is 1. The molecule has 2 unspecified atom stereocenters. The molecule has 0 saturated carbocycles. The number of rotatable bonds is 2. The van der Waals surface area contributed by atoms with Gasteiger partial charge in [0.25, 0.3) is 0 Å². The maximum atomic E-state index is 5.43. The second-order valence-corrected chi connectivity index (χ2v) is 2.67. The fourth-order valence-corrected chi connectivity index (χ4v) is 0.995. The lowest BCUT2D eigenvalue weighted by Gasteiger charge is -2.07. The predicted octanol–water partition coefficient (Wildman–Crippen LogP) is 0.356. The van der Waals surface area contributed by atoms with Gasteiger partial charge in [0.1, 0.15) is 0 Å². The van der Waals surface area contributed by atoms with Gasteiger partial charge in [-0.1, -0.05) is 0 Å². The van der Waals surface area contributed by atoms with Crippen molar-refractivity contribution in [3.05, 3.63) is 0 Å². The summed E-state index contributed by atoms with van der Waals surface area (Å²) in [7, 11) is 1.89. The molecule has 0 aromatic heterocycles. The first kappa shape index (κ1) is 7.98. The largest absolute Gasteiger partial charge is 0.346 e. The Labute approximate surface area is 61.7 Å². The van der Waals surface area contributed by atoms with Crippen LogP contribution in [-0.2, 0) is 9.47 Å². The van der Waals surface area contributed by atoms with Gasteiger partial charge in [0.2, 0.25) is 0 Å².